The van der Waals surface area contributed by atoms with Crippen molar-refractivity contribution < 1.29 is 24.2 Å². The molecule has 5 rings (SSSR count). The van der Waals surface area contributed by atoms with Gasteiger partial charge in [-0.2, -0.15) is 0 Å². The Labute approximate surface area is 247 Å². The van der Waals surface area contributed by atoms with Crippen LogP contribution in [-0.4, -0.2) is 108 Å². The summed E-state index contributed by atoms with van der Waals surface area (Å²) in [5.74, 6) is -0.704. The predicted molar refractivity (Wildman–Crippen MR) is 161 cm³/mol. The van der Waals surface area contributed by atoms with Gasteiger partial charge in [-0.05, 0) is 61.0 Å². The number of halogens is 1. The summed E-state index contributed by atoms with van der Waals surface area (Å²) in [6, 6.07) is 21.9. The molecule has 0 amide bonds. The molecule has 0 spiro atoms. The third kappa shape index (κ3) is 8.93. The van der Waals surface area contributed by atoms with Crippen molar-refractivity contribution in [2.75, 3.05) is 59.4 Å². The molecule has 224 valence electrons. The topological polar surface area (TPSA) is 87.6 Å². The van der Waals surface area contributed by atoms with E-state index < -0.39 is 5.97 Å². The molecule has 3 aromatic rings. The number of likely N-dealkylation sites (N-methyl/N-ethyl adjacent to an activating group) is 1. The van der Waals surface area contributed by atoms with Crippen molar-refractivity contribution in [1.82, 2.24) is 19.6 Å². The van der Waals surface area contributed by atoms with Crippen LogP contribution in [0.25, 0.3) is 0 Å². The number of carboxylic acid groups (broad SMARTS) is 1. The fourth-order valence-electron chi connectivity index (χ4n) is 5.74. The van der Waals surface area contributed by atoms with Crippen molar-refractivity contribution in [2.45, 2.75) is 25.6 Å². The fourth-order valence-corrected chi connectivity index (χ4v) is 5.74. The number of carboxylic acids is 1. The number of aromatic hydroxyl groups is 1. The van der Waals surface area contributed by atoms with Crippen LogP contribution in [0, 0.1) is 5.82 Å². The molecule has 2 unspecified atom stereocenters. The number of carbonyl (C=O) groups is 2. The average molecular weight is 577 g/mol. The number of aliphatic carboxylic acids is 1. The Morgan fingerprint density at radius 3 is 2.24 bits per heavy atom. The summed E-state index contributed by atoms with van der Waals surface area (Å²) in [6.07, 6.45) is 0.864. The maximum absolute atomic E-state index is 13.6. The Kier molecular flexibility index (Phi) is 11.2. The summed E-state index contributed by atoms with van der Waals surface area (Å²) in [4.78, 5) is 30.6. The van der Waals surface area contributed by atoms with E-state index >= 15 is 0 Å². The Hall–Kier alpha value is -3.63. The number of rotatable bonds is 8. The summed E-state index contributed by atoms with van der Waals surface area (Å²) < 4.78 is 13.6. The zero-order valence-corrected chi connectivity index (χ0v) is 24.4. The van der Waals surface area contributed by atoms with Gasteiger partial charge in [0.05, 0.1) is 12.6 Å². The largest absolute Gasteiger partial charge is 0.508 e. The smallest absolute Gasteiger partial charge is 0.317 e. The van der Waals surface area contributed by atoms with Gasteiger partial charge in [0.25, 0.3) is 0 Å². The first kappa shape index (κ1) is 31.3. The third-order valence-electron chi connectivity index (χ3n) is 7.89. The summed E-state index contributed by atoms with van der Waals surface area (Å²) in [5, 5.41) is 18.6. The van der Waals surface area contributed by atoms with Crippen LogP contribution in [0.4, 0.5) is 4.39 Å². The first-order valence-electron chi connectivity index (χ1n) is 14.4. The van der Waals surface area contributed by atoms with E-state index in [0.717, 1.165) is 68.8 Å². The van der Waals surface area contributed by atoms with E-state index in [1.807, 2.05) is 41.3 Å². The van der Waals surface area contributed by atoms with Crippen molar-refractivity contribution >= 4 is 12.3 Å². The molecular weight excluding hydrogens is 535 g/mol. The maximum Gasteiger partial charge on any atom is 0.317 e. The molecule has 3 aromatic carbocycles. The van der Waals surface area contributed by atoms with Gasteiger partial charge in [-0.25, -0.2) is 4.39 Å². The van der Waals surface area contributed by atoms with Crippen molar-refractivity contribution in [3.8, 4) is 5.75 Å². The van der Waals surface area contributed by atoms with E-state index in [4.69, 9.17) is 5.11 Å². The maximum atomic E-state index is 13.6. The Balaban J connectivity index is 0.000000310. The van der Waals surface area contributed by atoms with Crippen LogP contribution in [0.1, 0.15) is 40.0 Å². The van der Waals surface area contributed by atoms with Crippen LogP contribution >= 0.6 is 0 Å². The number of hydrogen-bond acceptors (Lipinski definition) is 7. The highest BCUT2D eigenvalue weighted by molar-refractivity contribution is 5.75. The van der Waals surface area contributed by atoms with Crippen molar-refractivity contribution in [3.05, 3.63) is 101 Å². The quantitative estimate of drug-likeness (QED) is 0.390. The third-order valence-corrected chi connectivity index (χ3v) is 7.89. The predicted octanol–water partition coefficient (Wildman–Crippen LogP) is 3.96. The number of nitrogens with zero attached hydrogens (tertiary/aromatic N) is 4. The lowest BCUT2D eigenvalue weighted by Gasteiger charge is -2.44. The number of phenols is 1. The lowest BCUT2D eigenvalue weighted by molar-refractivity contribution is -0.138. The molecule has 0 radical (unpaired) electrons. The number of aldehydes is 1. The van der Waals surface area contributed by atoms with Crippen molar-refractivity contribution in [3.63, 3.8) is 0 Å². The van der Waals surface area contributed by atoms with Gasteiger partial charge in [0, 0.05) is 64.0 Å². The highest BCUT2D eigenvalue weighted by Gasteiger charge is 2.31. The van der Waals surface area contributed by atoms with Crippen LogP contribution in [0.15, 0.2) is 72.8 Å². The minimum Gasteiger partial charge on any atom is -0.508 e. The second-order valence-corrected chi connectivity index (χ2v) is 11.2. The molecule has 2 heterocycles. The zero-order valence-electron chi connectivity index (χ0n) is 24.4. The van der Waals surface area contributed by atoms with Gasteiger partial charge in [-0.15, -0.1) is 0 Å². The monoisotopic (exact) mass is 576 g/mol. The molecule has 0 aromatic heterocycles. The van der Waals surface area contributed by atoms with E-state index in [1.165, 1.54) is 6.07 Å². The molecule has 0 aliphatic carbocycles. The Morgan fingerprint density at radius 1 is 0.929 bits per heavy atom. The second kappa shape index (κ2) is 15.0. The molecule has 42 heavy (non-hydrogen) atoms. The lowest BCUT2D eigenvalue weighted by Crippen LogP contribution is -2.52. The normalized spacial score (nSPS) is 19.5. The molecule has 0 bridgehead atoms. The van der Waals surface area contributed by atoms with Gasteiger partial charge >= 0.3 is 5.97 Å². The molecule has 2 saturated heterocycles. The van der Waals surface area contributed by atoms with E-state index in [2.05, 4.69) is 28.7 Å². The fraction of sp³-hybridized carbons (Fsp3) is 0.394. The van der Waals surface area contributed by atoms with Crippen LogP contribution in [0.3, 0.4) is 0 Å². The molecule has 9 heteroatoms. The Bertz CT molecular complexity index is 1330. The SMILES string of the molecule is CC1CN(Cc2cccc(F)c2)CCN1C(c1cccc(O)c1)c1cccc(C=O)c1.CN1CCN(CC(=O)O)CC1. The van der Waals surface area contributed by atoms with Crippen LogP contribution in [0.2, 0.25) is 0 Å². The van der Waals surface area contributed by atoms with E-state index in [9.17, 15) is 19.1 Å². The number of hydrogen-bond donors (Lipinski definition) is 2. The van der Waals surface area contributed by atoms with Crippen LogP contribution in [0.5, 0.6) is 5.75 Å². The van der Waals surface area contributed by atoms with E-state index in [0.29, 0.717) is 12.1 Å². The minimum atomic E-state index is -0.727. The first-order chi connectivity index (χ1) is 20.2. The standard InChI is InChI=1S/C26H27FN2O2.C7H14N2O2/c1-19-16-28(17-20-5-3-9-24(27)14-20)11-12-29(19)26(23-8-4-10-25(31)15-23)22-7-2-6-21(13-22)18-30;1-8-2-4-9(5-3-8)6-7(10)11/h2-10,13-15,18-19,26,31H,11-12,16-17H2,1H3;2-6H2,1H3,(H,10,11). The summed E-state index contributed by atoms with van der Waals surface area (Å²) in [7, 11) is 2.05. The molecular formula is C33H41FN4O4. The first-order valence-corrected chi connectivity index (χ1v) is 14.4. The molecule has 2 aliphatic heterocycles. The molecule has 2 aliphatic rings. The Morgan fingerprint density at radius 2 is 1.60 bits per heavy atom. The van der Waals surface area contributed by atoms with E-state index in [-0.39, 0.29) is 30.2 Å². The summed E-state index contributed by atoms with van der Waals surface area (Å²) in [5.41, 5.74) is 3.64. The van der Waals surface area contributed by atoms with Crippen molar-refractivity contribution in [1.29, 1.82) is 0 Å². The minimum absolute atomic E-state index is 0.0710. The van der Waals surface area contributed by atoms with E-state index in [1.54, 1.807) is 30.3 Å². The average Bonchev–Trinajstić information content (AvgIpc) is 2.96. The highest BCUT2D eigenvalue weighted by Crippen LogP contribution is 2.34. The molecule has 2 fully saturated rings. The number of piperazine rings is 2. The van der Waals surface area contributed by atoms with Crippen LogP contribution < -0.4 is 0 Å². The van der Waals surface area contributed by atoms with Gasteiger partial charge in [-0.3, -0.25) is 24.3 Å². The summed E-state index contributed by atoms with van der Waals surface area (Å²) >= 11 is 0. The van der Waals surface area contributed by atoms with Crippen molar-refractivity contribution in [2.24, 2.45) is 0 Å². The number of carbonyl (C=O) groups excluding carboxylic acids is 1. The second-order valence-electron chi connectivity index (χ2n) is 11.2. The van der Waals surface area contributed by atoms with Gasteiger partial charge in [0.1, 0.15) is 17.9 Å². The zero-order chi connectivity index (χ0) is 30.1. The van der Waals surface area contributed by atoms with Gasteiger partial charge < -0.3 is 15.1 Å². The number of benzene rings is 3. The molecule has 0 saturated carbocycles. The van der Waals surface area contributed by atoms with Gasteiger partial charge in [0.15, 0.2) is 0 Å². The highest BCUT2D eigenvalue weighted by atomic mass is 19.1. The molecule has 2 atom stereocenters. The molecule has 8 nitrogen and oxygen atoms in total. The van der Waals surface area contributed by atoms with Gasteiger partial charge in [0.2, 0.25) is 0 Å². The molecule has 2 N–H and O–H groups in total. The number of phenolic OH excluding ortho intramolecular Hbond substituents is 1. The summed E-state index contributed by atoms with van der Waals surface area (Å²) in [6.45, 7) is 9.33. The van der Waals surface area contributed by atoms with Gasteiger partial charge in [-0.1, -0.05) is 42.5 Å². The lowest BCUT2D eigenvalue weighted by atomic mass is 9.93. The van der Waals surface area contributed by atoms with Crippen LogP contribution in [-0.2, 0) is 11.3 Å².